The maximum Gasteiger partial charge on any atom is 0.407 e. The van der Waals surface area contributed by atoms with Crippen LogP contribution in [0.2, 0.25) is 0 Å². The topological polar surface area (TPSA) is 77.2 Å². The number of carbonyl (C=O) groups is 1. The lowest BCUT2D eigenvalue weighted by atomic mass is 10.1. The van der Waals surface area contributed by atoms with Crippen molar-refractivity contribution in [2.75, 3.05) is 6.54 Å². The number of pyridine rings is 1. The van der Waals surface area contributed by atoms with Crippen molar-refractivity contribution < 1.29 is 9.53 Å². The molecule has 0 spiro atoms. The zero-order valence-corrected chi connectivity index (χ0v) is 11.4. The normalized spacial score (nSPS) is 12.9. The van der Waals surface area contributed by atoms with Crippen LogP contribution in [0.5, 0.6) is 0 Å². The minimum atomic E-state index is -0.501. The van der Waals surface area contributed by atoms with E-state index in [4.69, 9.17) is 10.5 Å². The van der Waals surface area contributed by atoms with Gasteiger partial charge in [0.1, 0.15) is 5.60 Å². The number of alkyl carbamates (subject to hydrolysis) is 1. The summed E-state index contributed by atoms with van der Waals surface area (Å²) in [5.41, 5.74) is 7.40. The molecule has 100 valence electrons. The minimum Gasteiger partial charge on any atom is -0.444 e. The Labute approximate surface area is 108 Å². The summed E-state index contributed by atoms with van der Waals surface area (Å²) in [5, 5.41) is 2.64. The van der Waals surface area contributed by atoms with Crippen LogP contribution in [0.4, 0.5) is 4.79 Å². The third-order valence-corrected chi connectivity index (χ3v) is 2.19. The third kappa shape index (κ3) is 5.14. The second kappa shape index (κ2) is 5.82. The van der Waals surface area contributed by atoms with Crippen LogP contribution in [0.1, 0.15) is 37.9 Å². The monoisotopic (exact) mass is 251 g/mol. The first-order chi connectivity index (χ1) is 8.28. The van der Waals surface area contributed by atoms with Gasteiger partial charge in [-0.1, -0.05) is 6.07 Å². The zero-order chi connectivity index (χ0) is 13.8. The number of hydrogen-bond acceptors (Lipinski definition) is 4. The molecule has 0 saturated heterocycles. The molecule has 0 aliphatic carbocycles. The molecule has 0 aliphatic rings. The number of nitrogens with zero attached hydrogens (tertiary/aromatic N) is 1. The molecule has 1 amide bonds. The fraction of sp³-hybridized carbons (Fsp3) is 0.538. The van der Waals surface area contributed by atoms with E-state index in [2.05, 4.69) is 10.3 Å². The number of ether oxygens (including phenoxy) is 1. The van der Waals surface area contributed by atoms with Gasteiger partial charge in [-0.05, 0) is 38.8 Å². The number of aryl methyl sites for hydroxylation is 1. The highest BCUT2D eigenvalue weighted by Crippen LogP contribution is 2.10. The molecule has 0 aliphatic heterocycles. The fourth-order valence-corrected chi connectivity index (χ4v) is 1.41. The predicted octanol–water partition coefficient (Wildman–Crippen LogP) is 1.91. The Balaban J connectivity index is 2.46. The summed E-state index contributed by atoms with van der Waals surface area (Å²) in [7, 11) is 0. The maximum atomic E-state index is 11.5. The van der Waals surface area contributed by atoms with Crippen LogP contribution in [-0.4, -0.2) is 23.2 Å². The molecule has 5 nitrogen and oxygen atoms in total. The van der Waals surface area contributed by atoms with Crippen molar-refractivity contribution in [3.63, 3.8) is 0 Å². The Morgan fingerprint density at radius 1 is 1.50 bits per heavy atom. The molecule has 3 N–H and O–H groups in total. The summed E-state index contributed by atoms with van der Waals surface area (Å²) in [6.07, 6.45) is 3.00. The van der Waals surface area contributed by atoms with Crippen LogP contribution in [0.3, 0.4) is 0 Å². The second-order valence-corrected chi connectivity index (χ2v) is 5.28. The first-order valence-electron chi connectivity index (χ1n) is 5.92. The largest absolute Gasteiger partial charge is 0.444 e. The Morgan fingerprint density at radius 3 is 2.72 bits per heavy atom. The lowest BCUT2D eigenvalue weighted by Crippen LogP contribution is -2.36. The van der Waals surface area contributed by atoms with Gasteiger partial charge in [-0.3, -0.25) is 4.98 Å². The average molecular weight is 251 g/mol. The summed E-state index contributed by atoms with van der Waals surface area (Å²) in [4.78, 5) is 15.5. The molecule has 18 heavy (non-hydrogen) atoms. The van der Waals surface area contributed by atoms with E-state index in [0.29, 0.717) is 6.54 Å². The van der Waals surface area contributed by atoms with Crippen LogP contribution in [-0.2, 0) is 4.74 Å². The van der Waals surface area contributed by atoms with Crippen LogP contribution >= 0.6 is 0 Å². The van der Waals surface area contributed by atoms with Crippen LogP contribution in [0, 0.1) is 6.92 Å². The highest BCUT2D eigenvalue weighted by Gasteiger charge is 2.16. The van der Waals surface area contributed by atoms with Crippen molar-refractivity contribution >= 4 is 6.09 Å². The Morgan fingerprint density at radius 2 is 2.17 bits per heavy atom. The van der Waals surface area contributed by atoms with Crippen LogP contribution in [0.25, 0.3) is 0 Å². The highest BCUT2D eigenvalue weighted by atomic mass is 16.6. The third-order valence-electron chi connectivity index (χ3n) is 2.19. The van der Waals surface area contributed by atoms with Gasteiger partial charge in [0.05, 0.1) is 0 Å². The van der Waals surface area contributed by atoms with Crippen molar-refractivity contribution in [1.29, 1.82) is 0 Å². The van der Waals surface area contributed by atoms with Gasteiger partial charge in [-0.15, -0.1) is 0 Å². The molecule has 0 aromatic carbocycles. The lowest BCUT2D eigenvalue weighted by molar-refractivity contribution is 0.0524. The second-order valence-electron chi connectivity index (χ2n) is 5.28. The molecular weight excluding hydrogens is 230 g/mol. The van der Waals surface area contributed by atoms with Crippen molar-refractivity contribution in [3.8, 4) is 0 Å². The number of nitrogens with two attached hydrogens (primary N) is 1. The van der Waals surface area contributed by atoms with Gasteiger partial charge in [0.2, 0.25) is 0 Å². The van der Waals surface area contributed by atoms with Gasteiger partial charge >= 0.3 is 6.09 Å². The van der Waals surface area contributed by atoms with Gasteiger partial charge in [0, 0.05) is 25.0 Å². The van der Waals surface area contributed by atoms with E-state index in [-0.39, 0.29) is 6.04 Å². The minimum absolute atomic E-state index is 0.287. The number of carbonyl (C=O) groups excluding carboxylic acids is 1. The van der Waals surface area contributed by atoms with Crippen LogP contribution in [0.15, 0.2) is 18.5 Å². The molecule has 0 bridgehead atoms. The standard InChI is InChI=1S/C13H21N3O2/c1-9-5-10(7-15-6-9)11(14)8-16-12(17)18-13(2,3)4/h5-7,11H,8,14H2,1-4H3,(H,16,17). The van der Waals surface area contributed by atoms with Gasteiger partial charge in [-0.25, -0.2) is 4.79 Å². The molecule has 0 radical (unpaired) electrons. The SMILES string of the molecule is Cc1cncc(C(N)CNC(=O)OC(C)(C)C)c1. The molecule has 1 aromatic heterocycles. The molecule has 1 aromatic rings. The Hall–Kier alpha value is -1.62. The van der Waals surface area contributed by atoms with Gasteiger partial charge < -0.3 is 15.8 Å². The smallest absolute Gasteiger partial charge is 0.407 e. The van der Waals surface area contributed by atoms with E-state index in [0.717, 1.165) is 11.1 Å². The fourth-order valence-electron chi connectivity index (χ4n) is 1.41. The Bertz CT molecular complexity index is 413. The summed E-state index contributed by atoms with van der Waals surface area (Å²) in [5.74, 6) is 0. The van der Waals surface area contributed by atoms with Crippen molar-refractivity contribution in [1.82, 2.24) is 10.3 Å². The van der Waals surface area contributed by atoms with Crippen molar-refractivity contribution in [3.05, 3.63) is 29.6 Å². The zero-order valence-electron chi connectivity index (χ0n) is 11.4. The van der Waals surface area contributed by atoms with Crippen LogP contribution < -0.4 is 11.1 Å². The summed E-state index contributed by atoms with van der Waals surface area (Å²) >= 11 is 0. The van der Waals surface area contributed by atoms with E-state index in [9.17, 15) is 4.79 Å². The van der Waals surface area contributed by atoms with Crippen molar-refractivity contribution in [2.45, 2.75) is 39.3 Å². The van der Waals surface area contributed by atoms with E-state index in [1.165, 1.54) is 0 Å². The summed E-state index contributed by atoms with van der Waals surface area (Å²) in [6.45, 7) is 7.72. The summed E-state index contributed by atoms with van der Waals surface area (Å²) in [6, 6.07) is 1.67. The number of amides is 1. The molecule has 5 heteroatoms. The Kier molecular flexibility index (Phi) is 4.67. The van der Waals surface area contributed by atoms with E-state index in [1.807, 2.05) is 33.8 Å². The van der Waals surface area contributed by atoms with Gasteiger partial charge in [0.15, 0.2) is 0 Å². The molecule has 0 saturated carbocycles. The quantitative estimate of drug-likeness (QED) is 0.860. The molecule has 1 atom stereocenters. The molecule has 1 unspecified atom stereocenters. The predicted molar refractivity (Wildman–Crippen MR) is 70.1 cm³/mol. The first-order valence-corrected chi connectivity index (χ1v) is 5.92. The first kappa shape index (κ1) is 14.4. The average Bonchev–Trinajstić information content (AvgIpc) is 2.23. The van der Waals surface area contributed by atoms with E-state index < -0.39 is 11.7 Å². The number of rotatable bonds is 3. The van der Waals surface area contributed by atoms with E-state index in [1.54, 1.807) is 12.4 Å². The lowest BCUT2D eigenvalue weighted by Gasteiger charge is -2.20. The van der Waals surface area contributed by atoms with Gasteiger partial charge in [0.25, 0.3) is 0 Å². The molecule has 1 heterocycles. The number of aromatic nitrogens is 1. The highest BCUT2D eigenvalue weighted by molar-refractivity contribution is 5.67. The molecular formula is C13H21N3O2. The van der Waals surface area contributed by atoms with Crippen molar-refractivity contribution in [2.24, 2.45) is 5.73 Å². The molecule has 1 rings (SSSR count). The molecule has 0 fully saturated rings. The maximum absolute atomic E-state index is 11.5. The summed E-state index contributed by atoms with van der Waals surface area (Å²) < 4.78 is 5.13. The van der Waals surface area contributed by atoms with Gasteiger partial charge in [-0.2, -0.15) is 0 Å². The number of nitrogens with one attached hydrogen (secondary N) is 1. The van der Waals surface area contributed by atoms with E-state index >= 15 is 0 Å². The number of hydrogen-bond donors (Lipinski definition) is 2.